The lowest BCUT2D eigenvalue weighted by molar-refractivity contribution is -0.123. The fraction of sp³-hybridized carbons (Fsp3) is 0.312. The fourth-order valence-corrected chi connectivity index (χ4v) is 3.39. The minimum absolute atomic E-state index is 0.0663. The molecule has 2 heterocycles. The van der Waals surface area contributed by atoms with E-state index in [1.807, 2.05) is 30.5 Å². The molecule has 0 fully saturated rings. The maximum atomic E-state index is 12.5. The summed E-state index contributed by atoms with van der Waals surface area (Å²) in [6.45, 7) is 3.59. The van der Waals surface area contributed by atoms with E-state index < -0.39 is 0 Å². The third-order valence-corrected chi connectivity index (χ3v) is 4.79. The van der Waals surface area contributed by atoms with E-state index in [1.165, 1.54) is 10.4 Å². The molecule has 0 saturated carbocycles. The van der Waals surface area contributed by atoms with E-state index in [-0.39, 0.29) is 17.9 Å². The number of amides is 1. The predicted octanol–water partition coefficient (Wildman–Crippen LogP) is 2.81. The Morgan fingerprint density at radius 3 is 3.00 bits per heavy atom. The van der Waals surface area contributed by atoms with Crippen LogP contribution in [0.3, 0.4) is 0 Å². The van der Waals surface area contributed by atoms with Crippen molar-refractivity contribution in [1.82, 2.24) is 10.6 Å². The van der Waals surface area contributed by atoms with Crippen LogP contribution >= 0.6 is 11.3 Å². The van der Waals surface area contributed by atoms with Gasteiger partial charge in [-0.25, -0.2) is 0 Å². The van der Waals surface area contributed by atoms with Crippen molar-refractivity contribution in [3.05, 3.63) is 57.8 Å². The Bertz CT molecular complexity index is 594. The molecule has 1 aromatic carbocycles. The Hall–Kier alpha value is -1.65. The Balaban J connectivity index is 1.75. The average molecular weight is 286 g/mol. The van der Waals surface area contributed by atoms with Crippen molar-refractivity contribution in [1.29, 1.82) is 0 Å². The molecule has 2 N–H and O–H groups in total. The molecule has 0 saturated heterocycles. The van der Waals surface area contributed by atoms with E-state index >= 15 is 0 Å². The van der Waals surface area contributed by atoms with Gasteiger partial charge in [-0.3, -0.25) is 4.79 Å². The van der Waals surface area contributed by atoms with Crippen LogP contribution in [0.5, 0.6) is 0 Å². The molecule has 3 nitrogen and oxygen atoms in total. The van der Waals surface area contributed by atoms with Crippen molar-refractivity contribution in [2.75, 3.05) is 6.54 Å². The lowest BCUT2D eigenvalue weighted by atomic mass is 9.90. The fourth-order valence-electron chi connectivity index (χ4n) is 2.65. The van der Waals surface area contributed by atoms with Crippen molar-refractivity contribution in [2.24, 2.45) is 0 Å². The zero-order chi connectivity index (χ0) is 13.9. The van der Waals surface area contributed by atoms with E-state index in [4.69, 9.17) is 0 Å². The second-order valence-corrected chi connectivity index (χ2v) is 6.11. The number of fused-ring (bicyclic) bond motifs is 1. The summed E-state index contributed by atoms with van der Waals surface area (Å²) in [5, 5.41) is 8.48. The summed E-state index contributed by atoms with van der Waals surface area (Å²) < 4.78 is 0. The van der Waals surface area contributed by atoms with Crippen LogP contribution in [0.1, 0.15) is 34.9 Å². The number of rotatable bonds is 3. The third kappa shape index (κ3) is 2.62. The third-order valence-electron chi connectivity index (χ3n) is 3.74. The van der Waals surface area contributed by atoms with Crippen LogP contribution in [0.15, 0.2) is 41.8 Å². The summed E-state index contributed by atoms with van der Waals surface area (Å²) in [6.07, 6.45) is 0. The molecule has 1 aromatic heterocycles. The SMILES string of the molecule is C[C@@H](NC(=O)C1CNCc2ccccc21)c1cccs1. The highest BCUT2D eigenvalue weighted by Gasteiger charge is 2.27. The zero-order valence-electron chi connectivity index (χ0n) is 11.4. The number of hydrogen-bond donors (Lipinski definition) is 2. The minimum atomic E-state index is -0.0950. The molecule has 2 aromatic rings. The number of thiophene rings is 1. The normalized spacial score (nSPS) is 19.1. The summed E-state index contributed by atoms with van der Waals surface area (Å²) in [5.74, 6) is 0.00733. The molecule has 1 unspecified atom stereocenters. The van der Waals surface area contributed by atoms with Gasteiger partial charge in [0.15, 0.2) is 0 Å². The zero-order valence-corrected chi connectivity index (χ0v) is 12.2. The lowest BCUT2D eigenvalue weighted by Gasteiger charge is -2.26. The highest BCUT2D eigenvalue weighted by Crippen LogP contribution is 2.25. The summed E-state index contributed by atoms with van der Waals surface area (Å²) in [7, 11) is 0. The van der Waals surface area contributed by atoms with Gasteiger partial charge in [0.05, 0.1) is 12.0 Å². The molecule has 2 atom stereocenters. The number of hydrogen-bond acceptors (Lipinski definition) is 3. The topological polar surface area (TPSA) is 41.1 Å². The number of nitrogens with one attached hydrogen (secondary N) is 2. The molecular weight excluding hydrogens is 268 g/mol. The Morgan fingerprint density at radius 2 is 2.20 bits per heavy atom. The average Bonchev–Trinajstić information content (AvgIpc) is 3.01. The lowest BCUT2D eigenvalue weighted by Crippen LogP contribution is -2.39. The number of carbonyl (C=O) groups excluding carboxylic acids is 1. The van der Waals surface area contributed by atoms with E-state index in [1.54, 1.807) is 11.3 Å². The minimum Gasteiger partial charge on any atom is -0.348 e. The second kappa shape index (κ2) is 5.77. The van der Waals surface area contributed by atoms with E-state index in [0.717, 1.165) is 12.1 Å². The van der Waals surface area contributed by atoms with Gasteiger partial charge in [0.1, 0.15) is 0 Å². The molecule has 0 aliphatic carbocycles. The first-order valence-corrected chi connectivity index (χ1v) is 7.76. The molecule has 0 radical (unpaired) electrons. The van der Waals surface area contributed by atoms with E-state index in [9.17, 15) is 4.79 Å². The van der Waals surface area contributed by atoms with Crippen molar-refractivity contribution < 1.29 is 4.79 Å². The number of carbonyl (C=O) groups is 1. The Kier molecular flexibility index (Phi) is 3.85. The summed E-state index contributed by atoms with van der Waals surface area (Å²) in [4.78, 5) is 13.7. The molecule has 20 heavy (non-hydrogen) atoms. The van der Waals surface area contributed by atoms with Crippen molar-refractivity contribution in [2.45, 2.75) is 25.4 Å². The molecule has 0 spiro atoms. The van der Waals surface area contributed by atoms with Crippen molar-refractivity contribution in [3.63, 3.8) is 0 Å². The molecule has 0 bridgehead atoms. The van der Waals surface area contributed by atoms with Crippen LogP contribution < -0.4 is 10.6 Å². The van der Waals surface area contributed by atoms with Crippen molar-refractivity contribution in [3.8, 4) is 0 Å². The quantitative estimate of drug-likeness (QED) is 0.911. The Labute approximate surface area is 123 Å². The van der Waals surface area contributed by atoms with E-state index in [0.29, 0.717) is 6.54 Å². The summed E-state index contributed by atoms with van der Waals surface area (Å²) in [5.41, 5.74) is 2.38. The van der Waals surface area contributed by atoms with Crippen molar-refractivity contribution >= 4 is 17.2 Å². The van der Waals surface area contributed by atoms with E-state index in [2.05, 4.69) is 28.8 Å². The number of benzene rings is 1. The highest BCUT2D eigenvalue weighted by molar-refractivity contribution is 7.10. The van der Waals surface area contributed by atoms with Crippen LogP contribution in [0, 0.1) is 0 Å². The van der Waals surface area contributed by atoms with Crippen LogP contribution in [-0.4, -0.2) is 12.5 Å². The predicted molar refractivity (Wildman–Crippen MR) is 81.8 cm³/mol. The maximum absolute atomic E-state index is 12.5. The smallest absolute Gasteiger partial charge is 0.229 e. The first kappa shape index (κ1) is 13.3. The van der Waals surface area contributed by atoms with Gasteiger partial charge in [-0.1, -0.05) is 30.3 Å². The molecule has 1 aliphatic rings. The highest BCUT2D eigenvalue weighted by atomic mass is 32.1. The van der Waals surface area contributed by atoms with Gasteiger partial charge in [0, 0.05) is 18.0 Å². The maximum Gasteiger partial charge on any atom is 0.229 e. The first-order valence-electron chi connectivity index (χ1n) is 6.88. The molecule has 3 rings (SSSR count). The second-order valence-electron chi connectivity index (χ2n) is 5.13. The monoisotopic (exact) mass is 286 g/mol. The standard InChI is InChI=1S/C16H18N2OS/c1-11(15-7-4-8-20-15)18-16(19)14-10-17-9-12-5-2-3-6-13(12)14/h2-8,11,14,17H,9-10H2,1H3,(H,18,19)/t11-,14?/m1/s1. The molecule has 4 heteroatoms. The van der Waals surface area contributed by atoms with Gasteiger partial charge < -0.3 is 10.6 Å². The Morgan fingerprint density at radius 1 is 1.35 bits per heavy atom. The summed E-state index contributed by atoms with van der Waals surface area (Å²) >= 11 is 1.67. The molecular formula is C16H18N2OS. The van der Waals surface area contributed by atoms with Gasteiger partial charge in [-0.05, 0) is 29.5 Å². The van der Waals surface area contributed by atoms with Crippen LogP contribution in [0.4, 0.5) is 0 Å². The van der Waals surface area contributed by atoms with Gasteiger partial charge >= 0.3 is 0 Å². The van der Waals surface area contributed by atoms with Crippen LogP contribution in [0.25, 0.3) is 0 Å². The van der Waals surface area contributed by atoms with Crippen LogP contribution in [-0.2, 0) is 11.3 Å². The van der Waals surface area contributed by atoms with Crippen LogP contribution in [0.2, 0.25) is 0 Å². The van der Waals surface area contributed by atoms with Gasteiger partial charge in [-0.15, -0.1) is 11.3 Å². The van der Waals surface area contributed by atoms with Gasteiger partial charge in [0.25, 0.3) is 0 Å². The molecule has 1 aliphatic heterocycles. The molecule has 104 valence electrons. The first-order chi connectivity index (χ1) is 9.75. The summed E-state index contributed by atoms with van der Waals surface area (Å²) in [6, 6.07) is 12.3. The molecule has 1 amide bonds. The van der Waals surface area contributed by atoms with Gasteiger partial charge in [-0.2, -0.15) is 0 Å². The van der Waals surface area contributed by atoms with Gasteiger partial charge in [0.2, 0.25) is 5.91 Å². The largest absolute Gasteiger partial charge is 0.348 e.